The van der Waals surface area contributed by atoms with Crippen LogP contribution in [0.3, 0.4) is 0 Å². The molecule has 1 aromatic rings. The van der Waals surface area contributed by atoms with E-state index in [0.717, 1.165) is 24.6 Å². The fourth-order valence-electron chi connectivity index (χ4n) is 2.85. The van der Waals surface area contributed by atoms with Gasteiger partial charge in [-0.3, -0.25) is 14.5 Å². The van der Waals surface area contributed by atoms with Gasteiger partial charge in [-0.2, -0.15) is 0 Å². The van der Waals surface area contributed by atoms with E-state index in [-0.39, 0.29) is 16.8 Å². The number of carboxylic acids is 1. The molecule has 2 aliphatic rings. The van der Waals surface area contributed by atoms with Crippen molar-refractivity contribution < 1.29 is 23.9 Å². The SMILES string of the molecule is O=C(O)[C@H]1CCCCN1C(=O)CN1C(=O)/C(=C/c2ccco2)SC1=S. The van der Waals surface area contributed by atoms with Gasteiger partial charge in [-0.25, -0.2) is 4.79 Å². The summed E-state index contributed by atoms with van der Waals surface area (Å²) >= 11 is 6.30. The quantitative estimate of drug-likeness (QED) is 0.630. The molecular weight excluding hydrogens is 364 g/mol. The Morgan fingerprint density at radius 2 is 2.24 bits per heavy atom. The van der Waals surface area contributed by atoms with E-state index in [1.165, 1.54) is 16.1 Å². The Morgan fingerprint density at radius 1 is 1.44 bits per heavy atom. The molecule has 132 valence electrons. The third-order valence-electron chi connectivity index (χ3n) is 4.09. The van der Waals surface area contributed by atoms with Crippen LogP contribution in [0.4, 0.5) is 0 Å². The van der Waals surface area contributed by atoms with Crippen LogP contribution in [-0.4, -0.2) is 56.1 Å². The van der Waals surface area contributed by atoms with Crippen molar-refractivity contribution >= 4 is 52.2 Å². The van der Waals surface area contributed by atoms with Crippen LogP contribution < -0.4 is 0 Å². The zero-order chi connectivity index (χ0) is 18.0. The topological polar surface area (TPSA) is 91.1 Å². The number of piperidine rings is 1. The highest BCUT2D eigenvalue weighted by Gasteiger charge is 2.37. The maximum absolute atomic E-state index is 12.5. The first-order valence-corrected chi connectivity index (χ1v) is 9.01. The third-order valence-corrected chi connectivity index (χ3v) is 5.47. The summed E-state index contributed by atoms with van der Waals surface area (Å²) < 4.78 is 5.46. The summed E-state index contributed by atoms with van der Waals surface area (Å²) in [7, 11) is 0. The monoisotopic (exact) mass is 380 g/mol. The Morgan fingerprint density at radius 3 is 2.92 bits per heavy atom. The second-order valence-electron chi connectivity index (χ2n) is 5.72. The second kappa shape index (κ2) is 7.40. The number of hydrogen-bond donors (Lipinski definition) is 1. The number of carboxylic acid groups (broad SMARTS) is 1. The number of nitrogens with zero attached hydrogens (tertiary/aromatic N) is 2. The standard InChI is InChI=1S/C16H16N2O5S2/c19-13(17-6-2-1-5-11(17)15(21)22)9-18-14(20)12(25-16(18)24)8-10-4-3-7-23-10/h3-4,7-8,11H,1-2,5-6,9H2,(H,21,22)/b12-8-/t11-/m1/s1. The lowest BCUT2D eigenvalue weighted by Crippen LogP contribution is -2.51. The average molecular weight is 380 g/mol. The van der Waals surface area contributed by atoms with Gasteiger partial charge in [0.1, 0.15) is 22.7 Å². The zero-order valence-electron chi connectivity index (χ0n) is 13.2. The summed E-state index contributed by atoms with van der Waals surface area (Å²) in [4.78, 5) is 39.3. The maximum Gasteiger partial charge on any atom is 0.326 e. The minimum absolute atomic E-state index is 0.246. The molecule has 0 bridgehead atoms. The first-order chi connectivity index (χ1) is 12.0. The molecule has 9 heteroatoms. The Hall–Kier alpha value is -2.13. The van der Waals surface area contributed by atoms with Crippen LogP contribution in [0.5, 0.6) is 0 Å². The van der Waals surface area contributed by atoms with E-state index in [9.17, 15) is 19.5 Å². The van der Waals surface area contributed by atoms with Gasteiger partial charge in [-0.15, -0.1) is 0 Å². The number of carbonyl (C=O) groups excluding carboxylic acids is 2. The molecule has 1 atom stereocenters. The number of aliphatic carboxylic acids is 1. The van der Waals surface area contributed by atoms with Crippen molar-refractivity contribution in [3.63, 3.8) is 0 Å². The summed E-state index contributed by atoms with van der Waals surface area (Å²) in [6, 6.07) is 2.58. The highest BCUT2D eigenvalue weighted by Crippen LogP contribution is 2.32. The number of likely N-dealkylation sites (tertiary alicyclic amines) is 1. The molecular formula is C16H16N2O5S2. The molecule has 7 nitrogen and oxygen atoms in total. The lowest BCUT2D eigenvalue weighted by atomic mass is 10.0. The number of amides is 2. The van der Waals surface area contributed by atoms with Crippen molar-refractivity contribution in [3.8, 4) is 0 Å². The van der Waals surface area contributed by atoms with E-state index in [4.69, 9.17) is 16.6 Å². The molecule has 0 saturated carbocycles. The molecule has 2 saturated heterocycles. The Balaban J connectivity index is 1.71. The van der Waals surface area contributed by atoms with Gasteiger partial charge in [-0.1, -0.05) is 24.0 Å². The highest BCUT2D eigenvalue weighted by molar-refractivity contribution is 8.26. The van der Waals surface area contributed by atoms with Crippen LogP contribution in [-0.2, 0) is 14.4 Å². The second-order valence-corrected chi connectivity index (χ2v) is 7.40. The normalized spacial score (nSPS) is 22.7. The lowest BCUT2D eigenvalue weighted by molar-refractivity contribution is -0.152. The first-order valence-electron chi connectivity index (χ1n) is 7.78. The van der Waals surface area contributed by atoms with Crippen molar-refractivity contribution in [3.05, 3.63) is 29.1 Å². The number of thioether (sulfide) groups is 1. The third kappa shape index (κ3) is 3.77. The lowest BCUT2D eigenvalue weighted by Gasteiger charge is -2.33. The van der Waals surface area contributed by atoms with Gasteiger partial charge in [0.05, 0.1) is 11.2 Å². The highest BCUT2D eigenvalue weighted by atomic mass is 32.2. The van der Waals surface area contributed by atoms with Crippen molar-refractivity contribution in [2.45, 2.75) is 25.3 Å². The van der Waals surface area contributed by atoms with Crippen LogP contribution in [0.15, 0.2) is 27.7 Å². The molecule has 3 rings (SSSR count). The molecule has 0 radical (unpaired) electrons. The fraction of sp³-hybridized carbons (Fsp3) is 0.375. The minimum Gasteiger partial charge on any atom is -0.480 e. The average Bonchev–Trinajstić information content (AvgIpc) is 3.19. The van der Waals surface area contributed by atoms with Crippen molar-refractivity contribution in [1.29, 1.82) is 0 Å². The van der Waals surface area contributed by atoms with Crippen LogP contribution in [0, 0.1) is 0 Å². The molecule has 0 unspecified atom stereocenters. The van der Waals surface area contributed by atoms with Gasteiger partial charge >= 0.3 is 5.97 Å². The zero-order valence-corrected chi connectivity index (χ0v) is 14.8. The van der Waals surface area contributed by atoms with Gasteiger partial charge in [0.25, 0.3) is 5.91 Å². The van der Waals surface area contributed by atoms with Gasteiger partial charge in [-0.05, 0) is 31.4 Å². The fourth-order valence-corrected chi connectivity index (χ4v) is 4.09. The number of carbonyl (C=O) groups is 3. The predicted octanol–water partition coefficient (Wildman–Crippen LogP) is 1.95. The van der Waals surface area contributed by atoms with E-state index in [1.54, 1.807) is 18.2 Å². The summed E-state index contributed by atoms with van der Waals surface area (Å²) in [5.41, 5.74) is 0. The molecule has 1 aromatic heterocycles. The molecule has 0 spiro atoms. The van der Waals surface area contributed by atoms with E-state index in [1.807, 2.05) is 0 Å². The molecule has 0 aromatic carbocycles. The van der Waals surface area contributed by atoms with E-state index in [0.29, 0.717) is 23.6 Å². The Bertz CT molecular complexity index is 744. The first kappa shape index (κ1) is 17.7. The maximum atomic E-state index is 12.5. The van der Waals surface area contributed by atoms with Crippen molar-refractivity contribution in [2.75, 3.05) is 13.1 Å². The summed E-state index contributed by atoms with van der Waals surface area (Å²) in [5, 5.41) is 9.28. The molecule has 2 amide bonds. The van der Waals surface area contributed by atoms with Gasteiger partial charge in [0.15, 0.2) is 0 Å². The van der Waals surface area contributed by atoms with E-state index >= 15 is 0 Å². The molecule has 0 aliphatic carbocycles. The molecule has 25 heavy (non-hydrogen) atoms. The predicted molar refractivity (Wildman–Crippen MR) is 95.6 cm³/mol. The number of rotatable bonds is 4. The van der Waals surface area contributed by atoms with Gasteiger partial charge in [0.2, 0.25) is 5.91 Å². The molecule has 3 heterocycles. The number of hydrogen-bond acceptors (Lipinski definition) is 6. The van der Waals surface area contributed by atoms with Crippen LogP contribution >= 0.6 is 24.0 Å². The van der Waals surface area contributed by atoms with Gasteiger partial charge in [0, 0.05) is 12.6 Å². The van der Waals surface area contributed by atoms with Crippen LogP contribution in [0.1, 0.15) is 25.0 Å². The van der Waals surface area contributed by atoms with Crippen LogP contribution in [0.2, 0.25) is 0 Å². The Kier molecular flexibility index (Phi) is 5.24. The van der Waals surface area contributed by atoms with E-state index in [2.05, 4.69) is 0 Å². The number of thiocarbonyl (C=S) groups is 1. The van der Waals surface area contributed by atoms with Gasteiger partial charge < -0.3 is 14.4 Å². The summed E-state index contributed by atoms with van der Waals surface area (Å²) in [6.45, 7) is 0.136. The molecule has 2 fully saturated rings. The Labute approximate surface area is 153 Å². The molecule has 1 N–H and O–H groups in total. The van der Waals surface area contributed by atoms with Crippen molar-refractivity contribution in [1.82, 2.24) is 9.80 Å². The smallest absolute Gasteiger partial charge is 0.326 e. The largest absolute Gasteiger partial charge is 0.480 e. The summed E-state index contributed by atoms with van der Waals surface area (Å²) in [5.74, 6) is -1.27. The van der Waals surface area contributed by atoms with E-state index < -0.39 is 17.9 Å². The van der Waals surface area contributed by atoms with Crippen molar-refractivity contribution in [2.24, 2.45) is 0 Å². The minimum atomic E-state index is -1.02. The van der Waals surface area contributed by atoms with Crippen LogP contribution in [0.25, 0.3) is 6.08 Å². The summed E-state index contributed by atoms with van der Waals surface area (Å²) in [6.07, 6.45) is 5.03. The number of furan rings is 1. The molecule has 2 aliphatic heterocycles.